The molecule has 0 aliphatic carbocycles. The van der Waals surface area contributed by atoms with E-state index in [0.29, 0.717) is 23.7 Å². The van der Waals surface area contributed by atoms with Crippen LogP contribution < -0.4 is 0 Å². The summed E-state index contributed by atoms with van der Waals surface area (Å²) in [6.45, 7) is 4.57. The second kappa shape index (κ2) is 6.57. The Morgan fingerprint density at radius 2 is 2.29 bits per heavy atom. The molecule has 0 radical (unpaired) electrons. The van der Waals surface area contributed by atoms with Crippen molar-refractivity contribution in [3.05, 3.63) is 28.8 Å². The van der Waals surface area contributed by atoms with Gasteiger partial charge in [0.2, 0.25) is 0 Å². The number of aliphatic hydroxyl groups is 1. The number of aliphatic hydroxyl groups excluding tert-OH is 1. The molecule has 116 valence electrons. The molecule has 21 heavy (non-hydrogen) atoms. The maximum Gasteiger partial charge on any atom is 0.255 e. The number of hydrogen-bond donors (Lipinski definition) is 1. The second-order valence-corrected chi connectivity index (χ2v) is 7.00. The summed E-state index contributed by atoms with van der Waals surface area (Å²) in [5.41, 5.74) is 0.0168. The SMILES string of the molecule is CSc1ccc(Cl)c(C(=O)N2CC(CO)OC(C)(C)C2)c1. The van der Waals surface area contributed by atoms with Gasteiger partial charge in [-0.1, -0.05) is 11.6 Å². The van der Waals surface area contributed by atoms with E-state index in [9.17, 15) is 9.90 Å². The zero-order chi connectivity index (χ0) is 15.6. The highest BCUT2D eigenvalue weighted by atomic mass is 35.5. The zero-order valence-electron chi connectivity index (χ0n) is 12.4. The first kappa shape index (κ1) is 16.6. The van der Waals surface area contributed by atoms with Crippen molar-refractivity contribution >= 4 is 29.3 Å². The average Bonchev–Trinajstić information content (AvgIpc) is 2.45. The van der Waals surface area contributed by atoms with Gasteiger partial charge in [0.15, 0.2) is 0 Å². The Labute approximate surface area is 134 Å². The van der Waals surface area contributed by atoms with Crippen LogP contribution in [0.1, 0.15) is 24.2 Å². The lowest BCUT2D eigenvalue weighted by Crippen LogP contribution is -2.55. The minimum atomic E-state index is -0.481. The van der Waals surface area contributed by atoms with Crippen LogP contribution in [0.3, 0.4) is 0 Å². The minimum Gasteiger partial charge on any atom is -0.394 e. The summed E-state index contributed by atoms with van der Waals surface area (Å²) in [4.78, 5) is 15.4. The van der Waals surface area contributed by atoms with Crippen LogP contribution in [0.15, 0.2) is 23.1 Å². The summed E-state index contributed by atoms with van der Waals surface area (Å²) >= 11 is 7.74. The van der Waals surface area contributed by atoms with Crippen LogP contribution in [0.5, 0.6) is 0 Å². The van der Waals surface area contributed by atoms with Crippen LogP contribution in [0.4, 0.5) is 0 Å². The molecule has 2 rings (SSSR count). The normalized spacial score (nSPS) is 21.4. The fourth-order valence-electron chi connectivity index (χ4n) is 2.51. The van der Waals surface area contributed by atoms with E-state index in [0.717, 1.165) is 4.90 Å². The van der Waals surface area contributed by atoms with E-state index in [1.807, 2.05) is 32.2 Å². The first-order valence-corrected chi connectivity index (χ1v) is 8.38. The van der Waals surface area contributed by atoms with E-state index in [1.165, 1.54) is 0 Å². The largest absolute Gasteiger partial charge is 0.394 e. The Bertz CT molecular complexity index is 536. The molecule has 1 unspecified atom stereocenters. The number of ether oxygens (including phenoxy) is 1. The summed E-state index contributed by atoms with van der Waals surface area (Å²) in [6.07, 6.45) is 1.59. The molecule has 1 saturated heterocycles. The Morgan fingerprint density at radius 3 is 2.90 bits per heavy atom. The number of rotatable bonds is 3. The van der Waals surface area contributed by atoms with Crippen LogP contribution in [0.25, 0.3) is 0 Å². The lowest BCUT2D eigenvalue weighted by atomic mass is 10.0. The van der Waals surface area contributed by atoms with E-state index in [-0.39, 0.29) is 18.6 Å². The lowest BCUT2D eigenvalue weighted by molar-refractivity contribution is -0.139. The van der Waals surface area contributed by atoms with Crippen molar-refractivity contribution in [2.45, 2.75) is 30.4 Å². The maximum atomic E-state index is 12.7. The van der Waals surface area contributed by atoms with Crippen LogP contribution in [-0.2, 0) is 4.74 Å². The smallest absolute Gasteiger partial charge is 0.255 e. The molecule has 0 saturated carbocycles. The molecule has 4 nitrogen and oxygen atoms in total. The zero-order valence-corrected chi connectivity index (χ0v) is 14.0. The van der Waals surface area contributed by atoms with Crippen molar-refractivity contribution in [3.8, 4) is 0 Å². The van der Waals surface area contributed by atoms with E-state index >= 15 is 0 Å². The second-order valence-electron chi connectivity index (χ2n) is 5.71. The highest BCUT2D eigenvalue weighted by Crippen LogP contribution is 2.27. The molecule has 1 aromatic carbocycles. The first-order chi connectivity index (χ1) is 9.86. The maximum absolute atomic E-state index is 12.7. The van der Waals surface area contributed by atoms with Crippen LogP contribution in [0, 0.1) is 0 Å². The number of benzene rings is 1. The first-order valence-electron chi connectivity index (χ1n) is 6.78. The number of morpholine rings is 1. The topological polar surface area (TPSA) is 49.8 Å². The molecule has 1 N–H and O–H groups in total. The molecule has 1 aromatic rings. The monoisotopic (exact) mass is 329 g/mol. The molecule has 0 aromatic heterocycles. The molecule has 1 amide bonds. The number of carbonyl (C=O) groups excluding carboxylic acids is 1. The summed E-state index contributed by atoms with van der Waals surface area (Å²) in [5.74, 6) is -0.120. The average molecular weight is 330 g/mol. The van der Waals surface area contributed by atoms with Gasteiger partial charge in [-0.25, -0.2) is 0 Å². The minimum absolute atomic E-state index is 0.105. The van der Waals surface area contributed by atoms with Crippen molar-refractivity contribution in [1.82, 2.24) is 4.90 Å². The van der Waals surface area contributed by atoms with Crippen LogP contribution in [0.2, 0.25) is 5.02 Å². The summed E-state index contributed by atoms with van der Waals surface area (Å²) in [6, 6.07) is 5.45. The van der Waals surface area contributed by atoms with Gasteiger partial charge in [-0.2, -0.15) is 0 Å². The van der Waals surface area contributed by atoms with Gasteiger partial charge >= 0.3 is 0 Å². The highest BCUT2D eigenvalue weighted by Gasteiger charge is 2.36. The summed E-state index contributed by atoms with van der Waals surface area (Å²) < 4.78 is 5.73. The van der Waals surface area contributed by atoms with E-state index in [4.69, 9.17) is 16.3 Å². The van der Waals surface area contributed by atoms with E-state index in [1.54, 1.807) is 22.7 Å². The lowest BCUT2D eigenvalue weighted by Gasteiger charge is -2.42. The fourth-order valence-corrected chi connectivity index (χ4v) is 3.15. The third-order valence-corrected chi connectivity index (χ3v) is 4.43. The molecule has 1 aliphatic rings. The van der Waals surface area contributed by atoms with Gasteiger partial charge in [-0.05, 0) is 38.3 Å². The molecule has 0 spiro atoms. The van der Waals surface area contributed by atoms with Crippen LogP contribution >= 0.6 is 23.4 Å². The highest BCUT2D eigenvalue weighted by molar-refractivity contribution is 7.98. The Hall–Kier alpha value is -0.750. The molecule has 1 atom stereocenters. The Balaban J connectivity index is 2.26. The number of amides is 1. The molecular weight excluding hydrogens is 310 g/mol. The van der Waals surface area contributed by atoms with Gasteiger partial charge in [0.25, 0.3) is 5.91 Å². The van der Waals surface area contributed by atoms with Crippen LogP contribution in [-0.4, -0.2) is 53.6 Å². The quantitative estimate of drug-likeness (QED) is 0.866. The molecular formula is C15H20ClNO3S. The summed E-state index contributed by atoms with van der Waals surface area (Å²) in [5, 5.41) is 9.78. The van der Waals surface area contributed by atoms with Crippen molar-refractivity contribution in [1.29, 1.82) is 0 Å². The predicted octanol–water partition coefficient (Wildman–Crippen LogP) is 2.67. The number of nitrogens with zero attached hydrogens (tertiary/aromatic N) is 1. The van der Waals surface area contributed by atoms with Crippen molar-refractivity contribution < 1.29 is 14.6 Å². The van der Waals surface area contributed by atoms with Gasteiger partial charge in [-0.3, -0.25) is 4.79 Å². The number of thioether (sulfide) groups is 1. The number of halogens is 1. The summed E-state index contributed by atoms with van der Waals surface area (Å²) in [7, 11) is 0. The molecule has 6 heteroatoms. The predicted molar refractivity (Wildman–Crippen MR) is 85.2 cm³/mol. The van der Waals surface area contributed by atoms with Gasteiger partial charge in [0.1, 0.15) is 0 Å². The molecule has 1 heterocycles. The Morgan fingerprint density at radius 1 is 1.57 bits per heavy atom. The van der Waals surface area contributed by atoms with Gasteiger partial charge in [0, 0.05) is 18.0 Å². The third kappa shape index (κ3) is 3.92. The van der Waals surface area contributed by atoms with E-state index < -0.39 is 5.60 Å². The van der Waals surface area contributed by atoms with Crippen molar-refractivity contribution in [2.75, 3.05) is 26.0 Å². The van der Waals surface area contributed by atoms with Gasteiger partial charge < -0.3 is 14.7 Å². The standard InChI is InChI=1S/C15H20ClNO3S/c1-15(2)9-17(7-10(8-18)20-15)14(19)12-6-11(21-3)4-5-13(12)16/h4-6,10,18H,7-9H2,1-3H3. The van der Waals surface area contributed by atoms with E-state index in [2.05, 4.69) is 0 Å². The van der Waals surface area contributed by atoms with Gasteiger partial charge in [0.05, 0.1) is 28.9 Å². The number of hydrogen-bond acceptors (Lipinski definition) is 4. The third-order valence-electron chi connectivity index (χ3n) is 3.38. The van der Waals surface area contributed by atoms with Gasteiger partial charge in [-0.15, -0.1) is 11.8 Å². The molecule has 0 bridgehead atoms. The molecule has 1 aliphatic heterocycles. The van der Waals surface area contributed by atoms with Crippen molar-refractivity contribution in [3.63, 3.8) is 0 Å². The van der Waals surface area contributed by atoms with Crippen molar-refractivity contribution in [2.24, 2.45) is 0 Å². The Kier molecular flexibility index (Phi) is 5.20. The number of carbonyl (C=O) groups is 1. The fraction of sp³-hybridized carbons (Fsp3) is 0.533. The molecule has 1 fully saturated rings.